The van der Waals surface area contributed by atoms with Gasteiger partial charge in [0.05, 0.1) is 7.11 Å². The minimum absolute atomic E-state index is 0.444. The van der Waals surface area contributed by atoms with Crippen LogP contribution in [0.1, 0.15) is 5.56 Å². The first-order valence-corrected chi connectivity index (χ1v) is 3.99. The molecule has 0 aliphatic carbocycles. The van der Waals surface area contributed by atoms with Crippen LogP contribution >= 0.6 is 11.6 Å². The Morgan fingerprint density at radius 2 is 2.23 bits per heavy atom. The Balaban J connectivity index is 3.32. The van der Waals surface area contributed by atoms with Gasteiger partial charge < -0.3 is 4.74 Å². The molecule has 1 rings (SSSR count). The molecule has 0 aliphatic rings. The summed E-state index contributed by atoms with van der Waals surface area (Å²) in [6, 6.07) is 3.29. The molecule has 0 N–H and O–H groups in total. The molecule has 1 aromatic carbocycles. The molecule has 3 nitrogen and oxygen atoms in total. The average molecular weight is 198 g/mol. The molecular weight excluding hydrogens is 190 g/mol. The molecule has 0 fully saturated rings. The molecule has 0 radical (unpaired) electrons. The average Bonchev–Trinajstić information content (AvgIpc) is 2.11. The van der Waals surface area contributed by atoms with Crippen LogP contribution in [0.15, 0.2) is 17.1 Å². The first-order valence-electron chi connectivity index (χ1n) is 3.61. The zero-order chi connectivity index (χ0) is 9.84. The minimum atomic E-state index is 0.444. The molecule has 0 bridgehead atoms. The van der Waals surface area contributed by atoms with Crippen molar-refractivity contribution in [3.8, 4) is 5.75 Å². The van der Waals surface area contributed by atoms with Gasteiger partial charge in [0.2, 0.25) is 6.08 Å². The number of isocyanates is 1. The number of hydrogen-bond acceptors (Lipinski definition) is 3. The smallest absolute Gasteiger partial charge is 0.240 e. The Hall–Kier alpha value is -1.31. The highest BCUT2D eigenvalue weighted by Gasteiger charge is 2.05. The predicted molar refractivity (Wildman–Crippen MR) is 50.5 cm³/mol. The molecular formula is C9H8ClNO2. The Kier molecular flexibility index (Phi) is 3.07. The number of ether oxygens (including phenoxy) is 1. The third kappa shape index (κ3) is 2.08. The van der Waals surface area contributed by atoms with Crippen molar-refractivity contribution in [2.75, 3.05) is 7.11 Å². The molecule has 0 aromatic heterocycles. The van der Waals surface area contributed by atoms with E-state index in [1.165, 1.54) is 13.2 Å². The van der Waals surface area contributed by atoms with E-state index in [9.17, 15) is 4.79 Å². The van der Waals surface area contributed by atoms with Crippen LogP contribution < -0.4 is 4.74 Å². The van der Waals surface area contributed by atoms with Crippen molar-refractivity contribution in [1.29, 1.82) is 0 Å². The lowest BCUT2D eigenvalue weighted by Crippen LogP contribution is -1.85. The number of hydrogen-bond donors (Lipinski definition) is 0. The summed E-state index contributed by atoms with van der Waals surface area (Å²) in [7, 11) is 1.49. The molecule has 0 atom stereocenters. The van der Waals surface area contributed by atoms with Gasteiger partial charge >= 0.3 is 0 Å². The van der Waals surface area contributed by atoms with Gasteiger partial charge in [-0.05, 0) is 18.6 Å². The number of aliphatic imine (C=N–C) groups is 1. The largest absolute Gasteiger partial charge is 0.494 e. The van der Waals surface area contributed by atoms with Gasteiger partial charge in [0, 0.05) is 11.1 Å². The van der Waals surface area contributed by atoms with Gasteiger partial charge in [-0.3, -0.25) is 0 Å². The number of aryl methyl sites for hydroxylation is 1. The monoisotopic (exact) mass is 197 g/mol. The van der Waals surface area contributed by atoms with Gasteiger partial charge in [-0.15, -0.1) is 0 Å². The summed E-state index contributed by atoms with van der Waals surface area (Å²) in [6.45, 7) is 1.82. The highest BCUT2D eigenvalue weighted by atomic mass is 35.5. The van der Waals surface area contributed by atoms with E-state index < -0.39 is 0 Å². The maximum atomic E-state index is 10.1. The number of methoxy groups -OCH3 is 1. The van der Waals surface area contributed by atoms with Gasteiger partial charge in [0.1, 0.15) is 11.4 Å². The van der Waals surface area contributed by atoms with E-state index >= 15 is 0 Å². The van der Waals surface area contributed by atoms with Crippen LogP contribution in [-0.2, 0) is 4.79 Å². The molecule has 1 aromatic rings. The molecule has 68 valence electrons. The van der Waals surface area contributed by atoms with Crippen LogP contribution in [0, 0.1) is 6.92 Å². The number of carbonyl (C=O) groups excluding carboxylic acids is 1. The van der Waals surface area contributed by atoms with Crippen molar-refractivity contribution in [3.05, 3.63) is 22.7 Å². The maximum absolute atomic E-state index is 10.1. The maximum Gasteiger partial charge on any atom is 0.240 e. The van der Waals surface area contributed by atoms with E-state index in [1.54, 1.807) is 12.1 Å². The van der Waals surface area contributed by atoms with Crippen LogP contribution in [0.5, 0.6) is 5.75 Å². The second-order valence-electron chi connectivity index (χ2n) is 2.48. The lowest BCUT2D eigenvalue weighted by atomic mass is 10.2. The normalized spacial score (nSPS) is 9.15. The summed E-state index contributed by atoms with van der Waals surface area (Å²) in [4.78, 5) is 13.5. The Morgan fingerprint density at radius 3 is 2.77 bits per heavy atom. The molecule has 0 saturated heterocycles. The molecule has 13 heavy (non-hydrogen) atoms. The quantitative estimate of drug-likeness (QED) is 0.540. The predicted octanol–water partition coefficient (Wildman–Crippen LogP) is 2.62. The van der Waals surface area contributed by atoms with Crippen LogP contribution in [0.3, 0.4) is 0 Å². The zero-order valence-corrected chi connectivity index (χ0v) is 8.05. The van der Waals surface area contributed by atoms with E-state index in [1.807, 2.05) is 6.92 Å². The minimum Gasteiger partial charge on any atom is -0.494 e. The van der Waals surface area contributed by atoms with E-state index in [2.05, 4.69) is 4.99 Å². The fourth-order valence-corrected chi connectivity index (χ4v) is 1.10. The highest BCUT2D eigenvalue weighted by molar-refractivity contribution is 6.31. The zero-order valence-electron chi connectivity index (χ0n) is 7.30. The molecule has 0 spiro atoms. The summed E-state index contributed by atoms with van der Waals surface area (Å²) in [6.07, 6.45) is 1.46. The summed E-state index contributed by atoms with van der Waals surface area (Å²) >= 11 is 5.84. The van der Waals surface area contributed by atoms with Crippen molar-refractivity contribution in [1.82, 2.24) is 0 Å². The van der Waals surface area contributed by atoms with Crippen LogP contribution in [0.4, 0.5) is 5.69 Å². The van der Waals surface area contributed by atoms with Crippen molar-refractivity contribution in [2.24, 2.45) is 4.99 Å². The van der Waals surface area contributed by atoms with Gasteiger partial charge in [-0.1, -0.05) is 11.6 Å². The Morgan fingerprint density at radius 1 is 1.54 bits per heavy atom. The lowest BCUT2D eigenvalue weighted by Gasteiger charge is -2.05. The number of rotatable bonds is 2. The first kappa shape index (κ1) is 9.78. The van der Waals surface area contributed by atoms with E-state index in [0.29, 0.717) is 16.5 Å². The standard InChI is InChI=1S/C9H8ClNO2/c1-6-3-8(11-5-12)9(13-2)4-7(6)10/h3-4H,1-2H3. The summed E-state index contributed by atoms with van der Waals surface area (Å²) < 4.78 is 4.98. The van der Waals surface area contributed by atoms with Gasteiger partial charge in [0.15, 0.2) is 0 Å². The van der Waals surface area contributed by atoms with Crippen LogP contribution in [0.25, 0.3) is 0 Å². The topological polar surface area (TPSA) is 38.7 Å². The van der Waals surface area contributed by atoms with Crippen molar-refractivity contribution in [2.45, 2.75) is 6.92 Å². The highest BCUT2D eigenvalue weighted by Crippen LogP contribution is 2.32. The van der Waals surface area contributed by atoms with E-state index in [4.69, 9.17) is 16.3 Å². The summed E-state index contributed by atoms with van der Waals surface area (Å²) in [5.41, 5.74) is 1.29. The molecule has 0 saturated carbocycles. The number of nitrogens with zero attached hydrogens (tertiary/aromatic N) is 1. The Labute approximate surface area is 81.0 Å². The van der Waals surface area contributed by atoms with Crippen molar-refractivity contribution < 1.29 is 9.53 Å². The second kappa shape index (κ2) is 4.08. The molecule has 0 heterocycles. The van der Waals surface area contributed by atoms with Crippen molar-refractivity contribution in [3.63, 3.8) is 0 Å². The van der Waals surface area contributed by atoms with Gasteiger partial charge in [0.25, 0.3) is 0 Å². The fourth-order valence-electron chi connectivity index (χ4n) is 0.948. The summed E-state index contributed by atoms with van der Waals surface area (Å²) in [5.74, 6) is 0.471. The molecule has 0 unspecified atom stereocenters. The third-order valence-electron chi connectivity index (χ3n) is 1.63. The van der Waals surface area contributed by atoms with Crippen molar-refractivity contribution >= 4 is 23.4 Å². The SMILES string of the molecule is COc1cc(Cl)c(C)cc1N=C=O. The van der Waals surface area contributed by atoms with Gasteiger partial charge in [-0.2, -0.15) is 4.99 Å². The fraction of sp³-hybridized carbons (Fsp3) is 0.222. The third-order valence-corrected chi connectivity index (χ3v) is 2.03. The molecule has 0 amide bonds. The number of benzene rings is 1. The van der Waals surface area contributed by atoms with Crippen LogP contribution in [-0.4, -0.2) is 13.2 Å². The molecule has 0 aliphatic heterocycles. The van der Waals surface area contributed by atoms with Crippen LogP contribution in [0.2, 0.25) is 5.02 Å². The second-order valence-corrected chi connectivity index (χ2v) is 2.88. The first-order chi connectivity index (χ1) is 6.19. The number of halogens is 1. The lowest BCUT2D eigenvalue weighted by molar-refractivity contribution is 0.416. The van der Waals surface area contributed by atoms with Gasteiger partial charge in [-0.25, -0.2) is 4.79 Å². The molecule has 4 heteroatoms. The van der Waals surface area contributed by atoms with E-state index in [0.717, 1.165) is 5.56 Å². The Bertz CT molecular complexity index is 370. The van der Waals surface area contributed by atoms with E-state index in [-0.39, 0.29) is 0 Å². The summed E-state index contributed by atoms with van der Waals surface area (Å²) in [5, 5.41) is 0.585.